The van der Waals surface area contributed by atoms with Crippen molar-refractivity contribution in [1.82, 2.24) is 5.32 Å². The van der Waals surface area contributed by atoms with Gasteiger partial charge in [-0.3, -0.25) is 0 Å². The SMILES string of the molecule is CC1(C)CC(NC2CC(c3ccc(F)cc3)C2)CCO1. The molecule has 1 aromatic carbocycles. The van der Waals surface area contributed by atoms with Crippen LogP contribution in [-0.4, -0.2) is 24.3 Å². The molecule has 1 atom stereocenters. The van der Waals surface area contributed by atoms with Crippen LogP contribution in [0.15, 0.2) is 24.3 Å². The van der Waals surface area contributed by atoms with Crippen molar-refractivity contribution in [3.63, 3.8) is 0 Å². The van der Waals surface area contributed by atoms with Crippen molar-refractivity contribution in [1.29, 1.82) is 0 Å². The summed E-state index contributed by atoms with van der Waals surface area (Å²) >= 11 is 0. The number of hydrogen-bond acceptors (Lipinski definition) is 2. The van der Waals surface area contributed by atoms with E-state index in [1.54, 1.807) is 12.1 Å². The fraction of sp³-hybridized carbons (Fsp3) is 0.647. The van der Waals surface area contributed by atoms with E-state index in [1.165, 1.54) is 18.4 Å². The van der Waals surface area contributed by atoms with Crippen LogP contribution < -0.4 is 5.32 Å². The van der Waals surface area contributed by atoms with E-state index in [9.17, 15) is 4.39 Å². The molecule has 3 heteroatoms. The number of nitrogens with one attached hydrogen (secondary N) is 1. The van der Waals surface area contributed by atoms with Crippen molar-refractivity contribution in [3.05, 3.63) is 35.6 Å². The topological polar surface area (TPSA) is 21.3 Å². The van der Waals surface area contributed by atoms with Gasteiger partial charge < -0.3 is 10.1 Å². The van der Waals surface area contributed by atoms with Crippen LogP contribution >= 0.6 is 0 Å². The van der Waals surface area contributed by atoms with Crippen molar-refractivity contribution >= 4 is 0 Å². The number of rotatable bonds is 3. The van der Waals surface area contributed by atoms with E-state index in [4.69, 9.17) is 4.74 Å². The monoisotopic (exact) mass is 277 g/mol. The lowest BCUT2D eigenvalue weighted by atomic mass is 9.75. The van der Waals surface area contributed by atoms with Gasteiger partial charge in [0.25, 0.3) is 0 Å². The highest BCUT2D eigenvalue weighted by molar-refractivity contribution is 5.23. The minimum absolute atomic E-state index is 0.00994. The van der Waals surface area contributed by atoms with E-state index >= 15 is 0 Å². The summed E-state index contributed by atoms with van der Waals surface area (Å²) in [5.74, 6) is 0.452. The summed E-state index contributed by atoms with van der Waals surface area (Å²) in [7, 11) is 0. The number of benzene rings is 1. The highest BCUT2D eigenvalue weighted by Gasteiger charge is 2.35. The van der Waals surface area contributed by atoms with E-state index in [-0.39, 0.29) is 11.4 Å². The Morgan fingerprint density at radius 3 is 2.50 bits per heavy atom. The third-order valence-corrected chi connectivity index (χ3v) is 4.65. The molecular weight excluding hydrogens is 253 g/mol. The molecule has 0 radical (unpaired) electrons. The molecule has 2 nitrogen and oxygen atoms in total. The molecule has 1 saturated heterocycles. The van der Waals surface area contributed by atoms with Crippen LogP contribution in [0.3, 0.4) is 0 Å². The Balaban J connectivity index is 1.47. The van der Waals surface area contributed by atoms with Crippen LogP contribution in [0.4, 0.5) is 4.39 Å². The average Bonchev–Trinajstić information content (AvgIpc) is 2.34. The maximum absolute atomic E-state index is 12.9. The Hall–Kier alpha value is -0.930. The summed E-state index contributed by atoms with van der Waals surface area (Å²) in [6.07, 6.45) is 4.54. The van der Waals surface area contributed by atoms with Crippen molar-refractivity contribution in [2.75, 3.05) is 6.61 Å². The average molecular weight is 277 g/mol. The quantitative estimate of drug-likeness (QED) is 0.911. The fourth-order valence-electron chi connectivity index (χ4n) is 3.47. The predicted octanol–water partition coefficient (Wildman–Crippen LogP) is 3.62. The molecule has 1 unspecified atom stereocenters. The maximum Gasteiger partial charge on any atom is 0.123 e. The largest absolute Gasteiger partial charge is 0.375 e. The van der Waals surface area contributed by atoms with E-state index < -0.39 is 0 Å². The van der Waals surface area contributed by atoms with Gasteiger partial charge in [-0.2, -0.15) is 0 Å². The first-order chi connectivity index (χ1) is 9.52. The van der Waals surface area contributed by atoms with Crippen LogP contribution in [0, 0.1) is 5.82 Å². The highest BCUT2D eigenvalue weighted by atomic mass is 19.1. The van der Waals surface area contributed by atoms with Gasteiger partial charge in [0.15, 0.2) is 0 Å². The molecule has 110 valence electrons. The molecule has 3 rings (SSSR count). The molecule has 0 amide bonds. The molecule has 1 aliphatic carbocycles. The van der Waals surface area contributed by atoms with E-state index in [0.29, 0.717) is 18.0 Å². The second-order valence-corrected chi connectivity index (χ2v) is 6.88. The summed E-state index contributed by atoms with van der Waals surface area (Å²) in [4.78, 5) is 0. The van der Waals surface area contributed by atoms with Crippen LogP contribution in [0.5, 0.6) is 0 Å². The van der Waals surface area contributed by atoms with Crippen LogP contribution in [0.2, 0.25) is 0 Å². The Morgan fingerprint density at radius 1 is 1.15 bits per heavy atom. The van der Waals surface area contributed by atoms with E-state index in [0.717, 1.165) is 19.4 Å². The Bertz CT molecular complexity index is 451. The van der Waals surface area contributed by atoms with Gasteiger partial charge in [-0.05, 0) is 63.1 Å². The van der Waals surface area contributed by atoms with Gasteiger partial charge in [0, 0.05) is 18.7 Å². The maximum atomic E-state index is 12.9. The molecule has 1 aliphatic heterocycles. The molecule has 1 N–H and O–H groups in total. The molecule has 0 bridgehead atoms. The summed E-state index contributed by atoms with van der Waals surface area (Å²) in [5, 5.41) is 3.77. The van der Waals surface area contributed by atoms with Crippen molar-refractivity contribution in [2.24, 2.45) is 0 Å². The zero-order valence-corrected chi connectivity index (χ0v) is 12.4. The Morgan fingerprint density at radius 2 is 1.85 bits per heavy atom. The second kappa shape index (κ2) is 5.45. The summed E-state index contributed by atoms with van der Waals surface area (Å²) in [6, 6.07) is 8.18. The zero-order valence-electron chi connectivity index (χ0n) is 12.4. The third-order valence-electron chi connectivity index (χ3n) is 4.65. The van der Waals surface area contributed by atoms with E-state index in [1.807, 2.05) is 12.1 Å². The first kappa shape index (κ1) is 14.0. The first-order valence-corrected chi connectivity index (χ1v) is 7.67. The van der Waals surface area contributed by atoms with Crippen LogP contribution in [0.25, 0.3) is 0 Å². The standard InChI is InChI=1S/C17H24FNO/c1-17(2)11-15(7-8-20-17)19-16-9-13(10-16)12-3-5-14(18)6-4-12/h3-6,13,15-16,19H,7-11H2,1-2H3. The van der Waals surface area contributed by atoms with Crippen molar-refractivity contribution in [2.45, 2.75) is 63.1 Å². The van der Waals surface area contributed by atoms with Gasteiger partial charge in [-0.25, -0.2) is 4.39 Å². The fourth-order valence-corrected chi connectivity index (χ4v) is 3.47. The zero-order chi connectivity index (χ0) is 14.2. The van der Waals surface area contributed by atoms with Crippen LogP contribution in [-0.2, 0) is 4.74 Å². The highest BCUT2D eigenvalue weighted by Crippen LogP contribution is 2.38. The molecule has 2 fully saturated rings. The first-order valence-electron chi connectivity index (χ1n) is 7.67. The minimum atomic E-state index is -0.146. The summed E-state index contributed by atoms with van der Waals surface area (Å²) in [6.45, 7) is 5.20. The minimum Gasteiger partial charge on any atom is -0.375 e. The predicted molar refractivity (Wildman–Crippen MR) is 78.4 cm³/mol. The van der Waals surface area contributed by atoms with E-state index in [2.05, 4.69) is 19.2 Å². The summed E-state index contributed by atoms with van der Waals surface area (Å²) < 4.78 is 18.7. The van der Waals surface area contributed by atoms with Gasteiger partial charge in [0.2, 0.25) is 0 Å². The van der Waals surface area contributed by atoms with Gasteiger partial charge in [-0.1, -0.05) is 12.1 Å². The van der Waals surface area contributed by atoms with Gasteiger partial charge >= 0.3 is 0 Å². The van der Waals surface area contributed by atoms with Gasteiger partial charge in [0.05, 0.1) is 5.60 Å². The molecule has 1 aromatic rings. The second-order valence-electron chi connectivity index (χ2n) is 6.88. The number of ether oxygens (including phenoxy) is 1. The molecular formula is C17H24FNO. The lowest BCUT2D eigenvalue weighted by molar-refractivity contribution is -0.0655. The van der Waals surface area contributed by atoms with Gasteiger partial charge in [-0.15, -0.1) is 0 Å². The molecule has 0 aromatic heterocycles. The Kier molecular flexibility index (Phi) is 3.83. The van der Waals surface area contributed by atoms with Gasteiger partial charge in [0.1, 0.15) is 5.82 Å². The third kappa shape index (κ3) is 3.21. The number of hydrogen-bond donors (Lipinski definition) is 1. The normalized spacial score (nSPS) is 32.6. The number of halogens is 1. The molecule has 20 heavy (non-hydrogen) atoms. The molecule has 1 heterocycles. The molecule has 0 spiro atoms. The molecule has 2 aliphatic rings. The van der Waals surface area contributed by atoms with Crippen molar-refractivity contribution < 1.29 is 9.13 Å². The van der Waals surface area contributed by atoms with Crippen LogP contribution in [0.1, 0.15) is 51.0 Å². The lowest BCUT2D eigenvalue weighted by Gasteiger charge is -2.42. The lowest BCUT2D eigenvalue weighted by Crippen LogP contribution is -2.50. The molecule has 1 saturated carbocycles. The smallest absolute Gasteiger partial charge is 0.123 e. The summed E-state index contributed by atoms with van der Waals surface area (Å²) in [5.41, 5.74) is 1.28. The Labute approximate surface area is 120 Å². The van der Waals surface area contributed by atoms with Crippen molar-refractivity contribution in [3.8, 4) is 0 Å².